The Morgan fingerprint density at radius 1 is 0.520 bits per heavy atom. The summed E-state index contributed by atoms with van der Waals surface area (Å²) in [6, 6.07) is 69.2. The summed E-state index contributed by atoms with van der Waals surface area (Å²) in [7, 11) is 0. The first-order chi connectivity index (χ1) is 37.0. The molecule has 0 aromatic heterocycles. The predicted octanol–water partition coefficient (Wildman–Crippen LogP) is 16.5. The van der Waals surface area contributed by atoms with Gasteiger partial charge < -0.3 is 14.7 Å². The zero-order valence-corrected chi connectivity index (χ0v) is 43.0. The fourth-order valence-electron chi connectivity index (χ4n) is 13.8. The van der Waals surface area contributed by atoms with Gasteiger partial charge in [-0.1, -0.05) is 183 Å². The van der Waals surface area contributed by atoms with Gasteiger partial charge in [-0.3, -0.25) is 0 Å². The molecule has 6 aliphatic rings. The lowest BCUT2D eigenvalue weighted by Crippen LogP contribution is -2.48. The van der Waals surface area contributed by atoms with Crippen LogP contribution in [0.3, 0.4) is 0 Å². The summed E-state index contributed by atoms with van der Waals surface area (Å²) in [6.07, 6.45) is 34.4. The molecule has 75 heavy (non-hydrogen) atoms. The number of rotatable bonds is 14. The van der Waals surface area contributed by atoms with E-state index in [1.165, 1.54) is 78.6 Å². The third kappa shape index (κ3) is 8.57. The van der Waals surface area contributed by atoms with E-state index >= 15 is 0 Å². The predicted molar refractivity (Wildman–Crippen MR) is 317 cm³/mol. The molecule has 8 unspecified atom stereocenters. The highest BCUT2D eigenvalue weighted by atomic mass is 15.3. The van der Waals surface area contributed by atoms with Crippen LogP contribution in [0.15, 0.2) is 242 Å². The molecule has 368 valence electrons. The Morgan fingerprint density at radius 2 is 1.19 bits per heavy atom. The maximum Gasteiger partial charge on any atom is 0.0559 e. The van der Waals surface area contributed by atoms with Gasteiger partial charge in [0.2, 0.25) is 0 Å². The van der Waals surface area contributed by atoms with Gasteiger partial charge in [0, 0.05) is 40.0 Å². The molecular weight excluding hydrogens is 907 g/mol. The Kier molecular flexibility index (Phi) is 11.6. The molecule has 8 aromatic rings. The third-order valence-electron chi connectivity index (χ3n) is 17.9. The van der Waals surface area contributed by atoms with Crippen LogP contribution in [-0.4, -0.2) is 17.6 Å². The van der Waals surface area contributed by atoms with Gasteiger partial charge >= 0.3 is 0 Å². The zero-order valence-electron chi connectivity index (χ0n) is 43.0. The molecule has 8 atom stereocenters. The third-order valence-corrected chi connectivity index (χ3v) is 17.9. The van der Waals surface area contributed by atoms with Gasteiger partial charge in [0.1, 0.15) is 0 Å². The van der Waals surface area contributed by atoms with Crippen molar-refractivity contribution in [1.29, 1.82) is 0 Å². The largest absolute Gasteiger partial charge is 0.358 e. The van der Waals surface area contributed by atoms with Crippen molar-refractivity contribution >= 4 is 67.8 Å². The highest BCUT2D eigenvalue weighted by Gasteiger charge is 2.70. The molecule has 0 N–H and O–H groups in total. The van der Waals surface area contributed by atoms with Crippen molar-refractivity contribution in [1.82, 2.24) is 0 Å². The van der Waals surface area contributed by atoms with Gasteiger partial charge in [-0.05, 0) is 190 Å². The number of nitrogens with zero attached hydrogens (tertiary/aromatic N) is 3. The molecule has 0 radical (unpaired) electrons. The van der Waals surface area contributed by atoms with Crippen molar-refractivity contribution in [3.05, 3.63) is 264 Å². The van der Waals surface area contributed by atoms with Crippen molar-refractivity contribution in [2.75, 3.05) is 14.7 Å². The molecule has 2 fully saturated rings. The summed E-state index contributed by atoms with van der Waals surface area (Å²) >= 11 is 0. The molecule has 8 aromatic carbocycles. The van der Waals surface area contributed by atoms with E-state index in [0.29, 0.717) is 12.0 Å². The molecule has 0 saturated heterocycles. The first-order valence-corrected chi connectivity index (χ1v) is 27.8. The lowest BCUT2D eigenvalue weighted by Gasteiger charge is -2.43. The first kappa shape index (κ1) is 45.7. The van der Waals surface area contributed by atoms with Crippen LogP contribution in [-0.2, 0) is 6.42 Å². The van der Waals surface area contributed by atoms with Crippen LogP contribution >= 0.6 is 0 Å². The average Bonchev–Trinajstić information content (AvgIpc) is 4.46. The molecule has 2 saturated carbocycles. The number of para-hydroxylation sites is 1. The maximum absolute atomic E-state index is 2.89. The van der Waals surface area contributed by atoms with E-state index in [-0.39, 0.29) is 23.4 Å². The van der Waals surface area contributed by atoms with Crippen molar-refractivity contribution in [3.8, 4) is 0 Å². The lowest BCUT2D eigenvalue weighted by molar-refractivity contribution is 0.443. The summed E-state index contributed by atoms with van der Waals surface area (Å²) in [5.41, 5.74) is 11.7. The van der Waals surface area contributed by atoms with Crippen LogP contribution in [0.25, 0.3) is 33.7 Å². The van der Waals surface area contributed by atoms with Crippen molar-refractivity contribution in [2.24, 2.45) is 23.7 Å². The number of hydrogen-bond donors (Lipinski definition) is 0. The van der Waals surface area contributed by atoms with Crippen molar-refractivity contribution < 1.29 is 0 Å². The normalized spacial score (nSPS) is 23.4. The number of hydrogen-bond acceptors (Lipinski definition) is 3. The van der Waals surface area contributed by atoms with E-state index in [0.717, 1.165) is 61.0 Å². The molecule has 0 heterocycles. The first-order valence-electron chi connectivity index (χ1n) is 27.8. The van der Waals surface area contributed by atoms with Gasteiger partial charge in [-0.15, -0.1) is 0 Å². The topological polar surface area (TPSA) is 9.72 Å². The van der Waals surface area contributed by atoms with Gasteiger partial charge in [-0.25, -0.2) is 0 Å². The molecule has 6 aliphatic carbocycles. The minimum absolute atomic E-state index is 0.223. The van der Waals surface area contributed by atoms with Crippen LogP contribution < -0.4 is 25.1 Å². The number of allylic oxidation sites excluding steroid dienone is 5. The Labute approximate surface area is 443 Å². The number of fused-ring (bicyclic) bond motifs is 6. The summed E-state index contributed by atoms with van der Waals surface area (Å²) in [5, 5.41) is 7.83. The van der Waals surface area contributed by atoms with E-state index in [2.05, 4.69) is 270 Å². The molecule has 0 bridgehead atoms. The average molecular weight is 972 g/mol. The SMILES string of the molecule is CC(C1=CCC(N(c2ccc3ccccc3c2)C23CC2C=CC2CC23)C=C1)C(Cc1ccc(N(c2ccc3c(c2)=CCCC=3)C2C=CC=CC2)cc1)c1ccc(N(c2ccccc2)c2ccc3ccccc3c2)cc1. The molecule has 0 amide bonds. The number of anilines is 6. The highest BCUT2D eigenvalue weighted by molar-refractivity contribution is 5.89. The molecule has 14 rings (SSSR count). The van der Waals surface area contributed by atoms with Gasteiger partial charge in [0.25, 0.3) is 0 Å². The fourth-order valence-corrected chi connectivity index (χ4v) is 13.8. The molecule has 0 spiro atoms. The summed E-state index contributed by atoms with van der Waals surface area (Å²) in [4.78, 5) is 7.84. The number of benzene rings is 8. The van der Waals surface area contributed by atoms with Crippen LogP contribution in [0, 0.1) is 23.7 Å². The zero-order chi connectivity index (χ0) is 49.9. The summed E-state index contributed by atoms with van der Waals surface area (Å²) in [6.45, 7) is 2.49. The second-order valence-corrected chi connectivity index (χ2v) is 22.3. The minimum Gasteiger partial charge on any atom is -0.358 e. The lowest BCUT2D eigenvalue weighted by atomic mass is 9.77. The second-order valence-electron chi connectivity index (χ2n) is 22.3. The van der Waals surface area contributed by atoms with Crippen molar-refractivity contribution in [3.63, 3.8) is 0 Å². The second kappa shape index (κ2) is 19.1. The molecule has 0 aliphatic heterocycles. The van der Waals surface area contributed by atoms with Gasteiger partial charge in [-0.2, -0.15) is 0 Å². The molecule has 3 heteroatoms. The Bertz CT molecular complexity index is 3730. The van der Waals surface area contributed by atoms with Crippen LogP contribution in [0.2, 0.25) is 0 Å². The maximum atomic E-state index is 2.89. The molecular formula is C72H65N3. The molecule has 3 nitrogen and oxygen atoms in total. The quantitative estimate of drug-likeness (QED) is 0.101. The van der Waals surface area contributed by atoms with E-state index in [4.69, 9.17) is 0 Å². The summed E-state index contributed by atoms with van der Waals surface area (Å²) in [5.74, 6) is 2.67. The smallest absolute Gasteiger partial charge is 0.0559 e. The Balaban J connectivity index is 0.803. The Hall–Kier alpha value is -7.88. The standard InChI is InChI=1S/C72H65N3/c1-50(52-27-39-66(40-28-52)75(72-49-61(72)34-26-60-48-71(60)72)69-43-31-55-16-10-13-19-59(55)47-69)70(56-32-37-65(38-33-56)74(63-22-6-3-7-23-63)68-42-30-54-15-9-12-18-58(54)46-68)44-51-24-35-64(36-25-51)73(62-20-4-2-5-21-62)67-41-29-53-14-8-11-17-57(53)45-67/h2-7,9-10,12-20,22-39,41-43,45-47,50,60-62,66,70-71H,8,11,21,40,44,48-49H2,1H3. The monoisotopic (exact) mass is 972 g/mol. The summed E-state index contributed by atoms with van der Waals surface area (Å²) < 4.78 is 0. The minimum atomic E-state index is 0.223. The van der Waals surface area contributed by atoms with E-state index < -0.39 is 0 Å². The van der Waals surface area contributed by atoms with Crippen molar-refractivity contribution in [2.45, 2.75) is 75.4 Å². The van der Waals surface area contributed by atoms with E-state index in [1.807, 2.05) is 0 Å². The fraction of sp³-hybridized carbons (Fsp3) is 0.222. The van der Waals surface area contributed by atoms with Gasteiger partial charge in [0.05, 0.1) is 17.6 Å². The van der Waals surface area contributed by atoms with Crippen LogP contribution in [0.5, 0.6) is 0 Å². The van der Waals surface area contributed by atoms with Gasteiger partial charge in [0.15, 0.2) is 0 Å². The van der Waals surface area contributed by atoms with Crippen LogP contribution in [0.4, 0.5) is 34.1 Å². The van der Waals surface area contributed by atoms with E-state index in [9.17, 15) is 0 Å². The van der Waals surface area contributed by atoms with E-state index in [1.54, 1.807) is 0 Å². The van der Waals surface area contributed by atoms with Crippen LogP contribution in [0.1, 0.15) is 62.5 Å². The Morgan fingerprint density at radius 3 is 1.92 bits per heavy atom. The highest BCUT2D eigenvalue weighted by Crippen LogP contribution is 2.69.